The first-order chi connectivity index (χ1) is 21.0. The highest BCUT2D eigenvalue weighted by molar-refractivity contribution is 5.80. The van der Waals surface area contributed by atoms with Crippen LogP contribution in [0.4, 0.5) is 0 Å². The number of allylic oxidation sites excluding steroid dienone is 7. The molecule has 0 rings (SSSR count). The Morgan fingerprint density at radius 3 is 1.91 bits per heavy atom. The Bertz CT molecular complexity index is 799. The number of aliphatic carboxylic acids is 1. The maximum Gasteiger partial charge on any atom is 0.322 e. The predicted octanol–water partition coefficient (Wildman–Crippen LogP) is 9.95. The van der Waals surface area contributed by atoms with Crippen LogP contribution in [0.5, 0.6) is 0 Å². The van der Waals surface area contributed by atoms with Gasteiger partial charge in [-0.3, -0.25) is 14.4 Å². The molecule has 0 aliphatic carbocycles. The molecule has 1 amide bonds. The van der Waals surface area contributed by atoms with Gasteiger partial charge in [-0.2, -0.15) is 0 Å². The lowest BCUT2D eigenvalue weighted by Crippen LogP contribution is -2.28. The number of carbonyl (C=O) groups excluding carboxylic acids is 2. The van der Waals surface area contributed by atoms with E-state index in [2.05, 4.69) is 67.8 Å². The van der Waals surface area contributed by atoms with E-state index in [4.69, 9.17) is 9.84 Å². The van der Waals surface area contributed by atoms with Gasteiger partial charge in [0.25, 0.3) is 0 Å². The van der Waals surface area contributed by atoms with Gasteiger partial charge in [0.1, 0.15) is 12.6 Å². The molecule has 0 aliphatic rings. The van der Waals surface area contributed by atoms with E-state index in [1.165, 1.54) is 44.9 Å². The lowest BCUT2D eigenvalue weighted by molar-refractivity contribution is -0.147. The number of ether oxygens (including phenoxy) is 1. The number of hydrogen-bond donors (Lipinski definition) is 2. The minimum absolute atomic E-state index is 0.113. The number of carboxylic acids is 1. The summed E-state index contributed by atoms with van der Waals surface area (Å²) in [6.45, 7) is 4.06. The standard InChI is InChI=1S/C37H63NO5/c1-3-5-7-9-11-13-14-15-16-18-20-22-28-32-37(42)43-34(29-25-21-19-17-12-10-8-6-4-2)30-26-23-24-27-31-35(39)38-33-36(40)41/h5,7,11,13,15-16,25,29,34H,3-4,6,8-10,12,14,17-24,26-28,30-33H2,1-2H3,(H,38,39)(H,40,41)/b7-5-,13-11-,16-15-,29-25-. The highest BCUT2D eigenvalue weighted by atomic mass is 16.5. The summed E-state index contributed by atoms with van der Waals surface area (Å²) < 4.78 is 5.86. The predicted molar refractivity (Wildman–Crippen MR) is 180 cm³/mol. The van der Waals surface area contributed by atoms with Gasteiger partial charge in [-0.05, 0) is 76.7 Å². The van der Waals surface area contributed by atoms with E-state index >= 15 is 0 Å². The normalized spacial score (nSPS) is 12.6. The molecule has 0 saturated heterocycles. The molecule has 0 radical (unpaired) electrons. The van der Waals surface area contributed by atoms with Crippen LogP contribution in [0.2, 0.25) is 0 Å². The van der Waals surface area contributed by atoms with Crippen molar-refractivity contribution in [2.75, 3.05) is 6.54 Å². The van der Waals surface area contributed by atoms with Crippen LogP contribution < -0.4 is 5.32 Å². The fourth-order valence-corrected chi connectivity index (χ4v) is 4.67. The van der Waals surface area contributed by atoms with Crippen LogP contribution in [0.15, 0.2) is 48.6 Å². The molecule has 0 bridgehead atoms. The first-order valence-electron chi connectivity index (χ1n) is 17.3. The number of unbranched alkanes of at least 4 members (excludes halogenated alkanes) is 13. The molecule has 0 saturated carbocycles. The average molecular weight is 602 g/mol. The third kappa shape index (κ3) is 32.1. The fourth-order valence-electron chi connectivity index (χ4n) is 4.67. The number of carboxylic acid groups (broad SMARTS) is 1. The van der Waals surface area contributed by atoms with E-state index in [0.29, 0.717) is 12.8 Å². The molecule has 43 heavy (non-hydrogen) atoms. The topological polar surface area (TPSA) is 92.7 Å². The molecule has 0 fully saturated rings. The molecular weight excluding hydrogens is 538 g/mol. The van der Waals surface area contributed by atoms with Crippen LogP contribution >= 0.6 is 0 Å². The second-order valence-corrected chi connectivity index (χ2v) is 11.4. The third-order valence-electron chi connectivity index (χ3n) is 7.22. The molecule has 6 heteroatoms. The lowest BCUT2D eigenvalue weighted by Gasteiger charge is -2.15. The zero-order valence-corrected chi connectivity index (χ0v) is 27.5. The number of hydrogen-bond acceptors (Lipinski definition) is 4. The molecule has 0 heterocycles. The lowest BCUT2D eigenvalue weighted by atomic mass is 10.1. The third-order valence-corrected chi connectivity index (χ3v) is 7.22. The van der Waals surface area contributed by atoms with Crippen molar-refractivity contribution in [3.05, 3.63) is 48.6 Å². The van der Waals surface area contributed by atoms with Crippen molar-refractivity contribution in [2.45, 2.75) is 161 Å². The average Bonchev–Trinajstić information content (AvgIpc) is 2.99. The van der Waals surface area contributed by atoms with Gasteiger partial charge in [-0.25, -0.2) is 0 Å². The first kappa shape index (κ1) is 40.4. The van der Waals surface area contributed by atoms with Crippen LogP contribution in [0.1, 0.15) is 155 Å². The van der Waals surface area contributed by atoms with Crippen LogP contribution in [0.3, 0.4) is 0 Å². The Morgan fingerprint density at radius 1 is 0.651 bits per heavy atom. The van der Waals surface area contributed by atoms with E-state index in [9.17, 15) is 14.4 Å². The molecule has 0 aromatic carbocycles. The van der Waals surface area contributed by atoms with Crippen molar-refractivity contribution in [3.63, 3.8) is 0 Å². The molecule has 0 aromatic rings. The molecule has 6 nitrogen and oxygen atoms in total. The Balaban J connectivity index is 4.30. The van der Waals surface area contributed by atoms with Crippen molar-refractivity contribution in [1.29, 1.82) is 0 Å². The highest BCUT2D eigenvalue weighted by Gasteiger charge is 2.11. The molecule has 0 spiro atoms. The SMILES string of the molecule is CC/C=C\C/C=C\C/C=C\CCCCCC(=O)OC(/C=C\CCCCCCCCC)CCCCCCC(=O)NCC(=O)O. The molecule has 1 unspecified atom stereocenters. The van der Waals surface area contributed by atoms with Crippen LogP contribution in [0, 0.1) is 0 Å². The summed E-state index contributed by atoms with van der Waals surface area (Å²) >= 11 is 0. The molecular formula is C37H63NO5. The van der Waals surface area contributed by atoms with Crippen LogP contribution in [-0.2, 0) is 19.1 Å². The zero-order valence-electron chi connectivity index (χ0n) is 27.5. The molecule has 246 valence electrons. The Labute approximate surface area is 263 Å². The van der Waals surface area contributed by atoms with E-state index in [1.807, 2.05) is 0 Å². The Morgan fingerprint density at radius 2 is 1.21 bits per heavy atom. The van der Waals surface area contributed by atoms with Gasteiger partial charge in [-0.1, -0.05) is 114 Å². The number of rotatable bonds is 30. The smallest absolute Gasteiger partial charge is 0.322 e. The second kappa shape index (κ2) is 32.3. The fraction of sp³-hybridized carbons (Fsp3) is 0.703. The summed E-state index contributed by atoms with van der Waals surface area (Å²) in [5.74, 6) is -1.36. The Kier molecular flexibility index (Phi) is 30.3. The number of amides is 1. The number of carbonyl (C=O) groups is 3. The quantitative estimate of drug-likeness (QED) is 0.0485. The van der Waals surface area contributed by atoms with Crippen molar-refractivity contribution in [2.24, 2.45) is 0 Å². The van der Waals surface area contributed by atoms with Gasteiger partial charge in [0.2, 0.25) is 5.91 Å². The minimum Gasteiger partial charge on any atom is -0.480 e. The summed E-state index contributed by atoms with van der Waals surface area (Å²) in [5, 5.41) is 11.0. The van der Waals surface area contributed by atoms with Crippen molar-refractivity contribution in [3.8, 4) is 0 Å². The second-order valence-electron chi connectivity index (χ2n) is 11.4. The van der Waals surface area contributed by atoms with Crippen molar-refractivity contribution >= 4 is 17.8 Å². The van der Waals surface area contributed by atoms with Gasteiger partial charge in [0.05, 0.1) is 0 Å². The Hall–Kier alpha value is -2.63. The number of nitrogens with one attached hydrogen (secondary N) is 1. The maximum atomic E-state index is 12.6. The van der Waals surface area contributed by atoms with Crippen LogP contribution in [-0.4, -0.2) is 35.6 Å². The first-order valence-corrected chi connectivity index (χ1v) is 17.3. The molecule has 0 aliphatic heterocycles. The number of esters is 1. The summed E-state index contributed by atoms with van der Waals surface area (Å²) in [5.41, 5.74) is 0. The molecule has 0 aromatic heterocycles. The summed E-state index contributed by atoms with van der Waals surface area (Å²) in [7, 11) is 0. The van der Waals surface area contributed by atoms with E-state index in [0.717, 1.165) is 83.5 Å². The summed E-state index contributed by atoms with van der Waals surface area (Å²) in [6, 6.07) is 0. The highest BCUT2D eigenvalue weighted by Crippen LogP contribution is 2.15. The molecule has 1 atom stereocenters. The van der Waals surface area contributed by atoms with Crippen molar-refractivity contribution in [1.82, 2.24) is 5.32 Å². The van der Waals surface area contributed by atoms with Gasteiger partial charge in [0, 0.05) is 12.8 Å². The monoisotopic (exact) mass is 601 g/mol. The summed E-state index contributed by atoms with van der Waals surface area (Å²) in [4.78, 5) is 34.8. The van der Waals surface area contributed by atoms with Crippen LogP contribution in [0.25, 0.3) is 0 Å². The van der Waals surface area contributed by atoms with E-state index < -0.39 is 5.97 Å². The van der Waals surface area contributed by atoms with Gasteiger partial charge in [-0.15, -0.1) is 0 Å². The van der Waals surface area contributed by atoms with E-state index in [-0.39, 0.29) is 24.5 Å². The molecule has 2 N–H and O–H groups in total. The van der Waals surface area contributed by atoms with Gasteiger partial charge >= 0.3 is 11.9 Å². The largest absolute Gasteiger partial charge is 0.480 e. The van der Waals surface area contributed by atoms with Crippen molar-refractivity contribution < 1.29 is 24.2 Å². The minimum atomic E-state index is -1.03. The summed E-state index contributed by atoms with van der Waals surface area (Å²) in [6.07, 6.45) is 39.5. The van der Waals surface area contributed by atoms with Gasteiger partial charge in [0.15, 0.2) is 0 Å². The van der Waals surface area contributed by atoms with E-state index in [1.54, 1.807) is 0 Å². The van der Waals surface area contributed by atoms with Gasteiger partial charge < -0.3 is 15.2 Å². The maximum absolute atomic E-state index is 12.6. The zero-order chi connectivity index (χ0) is 31.6.